The Morgan fingerprint density at radius 1 is 1.06 bits per heavy atom. The van der Waals surface area contributed by atoms with E-state index in [1.54, 1.807) is 0 Å². The molecular weight excluding hydrogens is 455 g/mol. The molecule has 1 atom stereocenters. The van der Waals surface area contributed by atoms with Crippen molar-refractivity contribution >= 4 is 48.3 Å². The minimum absolute atomic E-state index is 0.124. The summed E-state index contributed by atoms with van der Waals surface area (Å²) in [6, 6.07) is 0. The van der Waals surface area contributed by atoms with Crippen LogP contribution in [0.2, 0.25) is 0 Å². The van der Waals surface area contributed by atoms with Gasteiger partial charge < -0.3 is 25.2 Å². The molecule has 176 valence electrons. The summed E-state index contributed by atoms with van der Waals surface area (Å²) in [5.41, 5.74) is -1.36. The van der Waals surface area contributed by atoms with Gasteiger partial charge in [0.05, 0.1) is 19.4 Å². The average Bonchev–Trinajstić information content (AvgIpc) is 2.64. The number of hydrogen-bond donors (Lipinski definition) is 4. The summed E-state index contributed by atoms with van der Waals surface area (Å²) in [7, 11) is -5.07. The van der Waals surface area contributed by atoms with Crippen molar-refractivity contribution in [1.29, 1.82) is 0 Å². The molecule has 1 fully saturated rings. The van der Waals surface area contributed by atoms with E-state index in [4.69, 9.17) is 14.5 Å². The monoisotopic (exact) mass is 482 g/mol. The molecule has 31 heavy (non-hydrogen) atoms. The van der Waals surface area contributed by atoms with Gasteiger partial charge in [-0.1, -0.05) is 25.6 Å². The Bertz CT molecular complexity index is 751. The number of esters is 1. The van der Waals surface area contributed by atoms with Crippen LogP contribution in [0, 0.1) is 5.41 Å². The largest absolute Gasteiger partial charge is 0.470 e. The number of cyclic esters (lactones) is 1. The Morgan fingerprint density at radius 3 is 2.39 bits per heavy atom. The number of thioether (sulfide) groups is 1. The fourth-order valence-corrected chi connectivity index (χ4v) is 3.83. The fraction of sp³-hybridized carbons (Fsp3) is 0.706. The first-order valence-electron chi connectivity index (χ1n) is 9.41. The molecule has 0 aromatic heterocycles. The van der Waals surface area contributed by atoms with E-state index in [9.17, 15) is 28.5 Å². The highest BCUT2D eigenvalue weighted by Gasteiger charge is 2.41. The zero-order valence-corrected chi connectivity index (χ0v) is 19.0. The Labute approximate surface area is 183 Å². The lowest BCUT2D eigenvalue weighted by atomic mass is 9.87. The number of carbonyl (C=O) groups is 5. The fourth-order valence-electron chi connectivity index (χ4n) is 2.47. The molecule has 0 bridgehead atoms. The Balaban J connectivity index is 2.94. The van der Waals surface area contributed by atoms with E-state index in [1.165, 1.54) is 13.8 Å². The van der Waals surface area contributed by atoms with Crippen molar-refractivity contribution in [1.82, 2.24) is 10.6 Å². The van der Waals surface area contributed by atoms with E-state index in [1.807, 2.05) is 0 Å². The number of phosphoric ester groups is 1. The smallest absolute Gasteiger partial charge is 0.465 e. The van der Waals surface area contributed by atoms with Gasteiger partial charge in [-0.2, -0.15) is 0 Å². The predicted octanol–water partition coefficient (Wildman–Crippen LogP) is -0.331. The van der Waals surface area contributed by atoms with Crippen molar-refractivity contribution in [3.63, 3.8) is 0 Å². The first-order chi connectivity index (χ1) is 14.3. The first kappa shape index (κ1) is 27.2. The number of Topliss-reactive ketones (excluding diaryl/α,β-unsaturated/α-hetero) is 1. The Kier molecular flexibility index (Phi) is 10.8. The van der Waals surface area contributed by atoms with Crippen molar-refractivity contribution in [2.75, 3.05) is 25.4 Å². The van der Waals surface area contributed by atoms with Gasteiger partial charge in [-0.25, -0.2) is 4.57 Å². The molecule has 0 saturated carbocycles. The van der Waals surface area contributed by atoms with E-state index in [0.717, 1.165) is 11.8 Å². The lowest BCUT2D eigenvalue weighted by Crippen LogP contribution is -2.48. The predicted molar refractivity (Wildman–Crippen MR) is 109 cm³/mol. The quantitative estimate of drug-likeness (QED) is 0.229. The minimum atomic E-state index is -5.07. The highest BCUT2D eigenvalue weighted by atomic mass is 32.2. The summed E-state index contributed by atoms with van der Waals surface area (Å²) in [5.74, 6) is -2.28. The molecule has 0 aromatic rings. The van der Waals surface area contributed by atoms with Gasteiger partial charge in [0.2, 0.25) is 5.91 Å². The molecule has 14 heteroatoms. The normalized spacial score (nSPS) is 23.6. The standard InChI is InChI=1S/C17H27N2O10PS/c1-17(2)10-28-13(22)4-3-11(20)9-14(23)31-8-7-18-12(21)5-6-19-16(24)15(17)29-30(25,26)27/h15H,3-10H2,1-2H3,(H,18,21)(H,19,24)(H2,25,26,27)/t15-/m0/s1. The number of ketones is 1. The number of ether oxygens (including phenoxy) is 1. The molecule has 0 aliphatic carbocycles. The zero-order valence-electron chi connectivity index (χ0n) is 17.3. The van der Waals surface area contributed by atoms with Gasteiger partial charge in [0.1, 0.15) is 5.78 Å². The average molecular weight is 482 g/mol. The Hall–Kier alpha value is -1.79. The van der Waals surface area contributed by atoms with Crippen molar-refractivity contribution in [3.8, 4) is 0 Å². The van der Waals surface area contributed by atoms with E-state index in [0.29, 0.717) is 0 Å². The summed E-state index contributed by atoms with van der Waals surface area (Å²) < 4.78 is 21.0. The maximum absolute atomic E-state index is 12.5. The van der Waals surface area contributed by atoms with E-state index < -0.39 is 49.5 Å². The van der Waals surface area contributed by atoms with Crippen molar-refractivity contribution in [2.24, 2.45) is 5.41 Å². The number of phosphoric acid groups is 1. The molecule has 1 saturated heterocycles. The summed E-state index contributed by atoms with van der Waals surface area (Å²) >= 11 is 0.884. The van der Waals surface area contributed by atoms with E-state index in [2.05, 4.69) is 15.2 Å². The molecule has 2 amide bonds. The van der Waals surface area contributed by atoms with Crippen molar-refractivity contribution in [3.05, 3.63) is 0 Å². The number of hydrogen-bond acceptors (Lipinski definition) is 9. The van der Waals surface area contributed by atoms with Gasteiger partial charge in [0, 0.05) is 37.1 Å². The second-order valence-corrected chi connectivity index (χ2v) is 9.80. The lowest BCUT2D eigenvalue weighted by molar-refractivity contribution is -0.153. The second-order valence-electron chi connectivity index (χ2n) is 7.45. The summed E-state index contributed by atoms with van der Waals surface area (Å²) in [4.78, 5) is 78.1. The van der Waals surface area contributed by atoms with Gasteiger partial charge >= 0.3 is 13.8 Å². The molecule has 1 aliphatic rings. The van der Waals surface area contributed by atoms with Crippen LogP contribution in [0.25, 0.3) is 0 Å². The van der Waals surface area contributed by atoms with Gasteiger partial charge in [0.25, 0.3) is 5.91 Å². The number of nitrogens with one attached hydrogen (secondary N) is 2. The molecule has 1 rings (SSSR count). The van der Waals surface area contributed by atoms with Gasteiger partial charge in [-0.15, -0.1) is 0 Å². The third-order valence-electron chi connectivity index (χ3n) is 4.08. The SMILES string of the molecule is CC1(C)COC(=O)CCC(=O)CC(=O)SCCNC(=O)CCNC(=O)[C@@H]1OP(=O)(O)O. The third-order valence-corrected chi connectivity index (χ3v) is 5.44. The topological polar surface area (TPSA) is 185 Å². The lowest BCUT2D eigenvalue weighted by Gasteiger charge is -2.32. The van der Waals surface area contributed by atoms with Crippen LogP contribution in [0.3, 0.4) is 0 Å². The molecule has 1 aliphatic heterocycles. The first-order valence-corrected chi connectivity index (χ1v) is 11.9. The Morgan fingerprint density at radius 2 is 1.74 bits per heavy atom. The molecule has 1 heterocycles. The number of rotatable bonds is 2. The van der Waals surface area contributed by atoms with Gasteiger partial charge in [-0.05, 0) is 0 Å². The molecule has 12 nitrogen and oxygen atoms in total. The third kappa shape index (κ3) is 11.4. The maximum atomic E-state index is 12.5. The minimum Gasteiger partial charge on any atom is -0.465 e. The van der Waals surface area contributed by atoms with Crippen molar-refractivity contribution in [2.45, 2.75) is 45.6 Å². The maximum Gasteiger partial charge on any atom is 0.470 e. The summed E-state index contributed by atoms with van der Waals surface area (Å²) in [6.07, 6.45) is -2.68. The second kappa shape index (κ2) is 12.3. The van der Waals surface area contributed by atoms with E-state index in [-0.39, 0.29) is 49.6 Å². The number of carbonyl (C=O) groups excluding carboxylic acids is 5. The van der Waals surface area contributed by atoms with Crippen LogP contribution in [-0.4, -0.2) is 70.0 Å². The van der Waals surface area contributed by atoms with Crippen LogP contribution in [-0.2, 0) is 37.8 Å². The van der Waals surface area contributed by atoms with Gasteiger partial charge in [-0.3, -0.25) is 28.5 Å². The van der Waals surface area contributed by atoms with Crippen LogP contribution < -0.4 is 10.6 Å². The number of amides is 2. The molecule has 0 aromatic carbocycles. The molecular formula is C17H27N2O10PS. The highest BCUT2D eigenvalue weighted by molar-refractivity contribution is 8.13. The van der Waals surface area contributed by atoms with Gasteiger partial charge in [0.15, 0.2) is 11.2 Å². The molecule has 0 unspecified atom stereocenters. The van der Waals surface area contributed by atoms with Crippen LogP contribution in [0.5, 0.6) is 0 Å². The summed E-state index contributed by atoms with van der Waals surface area (Å²) in [5, 5.41) is 4.53. The van der Waals surface area contributed by atoms with Crippen LogP contribution in [0.1, 0.15) is 39.5 Å². The van der Waals surface area contributed by atoms with Crippen LogP contribution >= 0.6 is 19.6 Å². The van der Waals surface area contributed by atoms with E-state index >= 15 is 0 Å². The molecule has 0 radical (unpaired) electrons. The zero-order chi connectivity index (χ0) is 23.7. The molecule has 0 spiro atoms. The summed E-state index contributed by atoms with van der Waals surface area (Å²) in [6.45, 7) is 2.39. The van der Waals surface area contributed by atoms with Crippen LogP contribution in [0.15, 0.2) is 0 Å². The molecule has 4 N–H and O–H groups in total. The van der Waals surface area contributed by atoms with Crippen molar-refractivity contribution < 1.29 is 47.6 Å². The van der Waals surface area contributed by atoms with Crippen LogP contribution in [0.4, 0.5) is 0 Å². The highest BCUT2D eigenvalue weighted by Crippen LogP contribution is 2.42.